The van der Waals surface area contributed by atoms with E-state index in [9.17, 15) is 14.4 Å². The molecule has 4 rings (SSSR count). The number of piperidine rings is 3. The van der Waals surface area contributed by atoms with Crippen LogP contribution in [0, 0.1) is 17.8 Å². The summed E-state index contributed by atoms with van der Waals surface area (Å²) in [6.07, 6.45) is 4.50. The van der Waals surface area contributed by atoms with Crippen LogP contribution in [0.5, 0.6) is 0 Å². The number of piperazine rings is 1. The van der Waals surface area contributed by atoms with Crippen LogP contribution in [0.4, 0.5) is 4.79 Å². The summed E-state index contributed by atoms with van der Waals surface area (Å²) in [7, 11) is 0. The lowest BCUT2D eigenvalue weighted by molar-refractivity contribution is -0.144. The van der Waals surface area contributed by atoms with Crippen molar-refractivity contribution in [3.63, 3.8) is 0 Å². The molecular weight excluding hydrogens is 356 g/mol. The Morgan fingerprint density at radius 3 is 2.43 bits per heavy atom. The van der Waals surface area contributed by atoms with Crippen molar-refractivity contribution >= 4 is 17.8 Å². The van der Waals surface area contributed by atoms with E-state index < -0.39 is 0 Å². The van der Waals surface area contributed by atoms with Crippen LogP contribution >= 0.6 is 0 Å². The zero-order valence-electron chi connectivity index (χ0n) is 17.3. The first-order valence-electron chi connectivity index (χ1n) is 11.0. The van der Waals surface area contributed by atoms with Gasteiger partial charge in [0.25, 0.3) is 0 Å². The molecule has 4 aliphatic heterocycles. The zero-order chi connectivity index (χ0) is 19.8. The normalized spacial score (nSPS) is 30.5. The Morgan fingerprint density at radius 1 is 1.00 bits per heavy atom. The first kappa shape index (κ1) is 19.5. The van der Waals surface area contributed by atoms with Crippen LogP contribution in [0.1, 0.15) is 46.0 Å². The van der Waals surface area contributed by atoms with Gasteiger partial charge in [-0.2, -0.15) is 0 Å². The summed E-state index contributed by atoms with van der Waals surface area (Å²) in [5, 5.41) is 0. The van der Waals surface area contributed by atoms with E-state index in [2.05, 4.69) is 18.7 Å². The molecule has 4 fully saturated rings. The maximum absolute atomic E-state index is 13.1. The van der Waals surface area contributed by atoms with Gasteiger partial charge < -0.3 is 19.6 Å². The number of carbonyl (C=O) groups is 3. The van der Waals surface area contributed by atoms with E-state index in [-0.39, 0.29) is 11.9 Å². The molecule has 0 N–H and O–H groups in total. The SMILES string of the molecule is CC(C)CC(=O)N1CCN(C(=O)N2CC3CC(C2)[C@H]2CCCC(=O)N2C3)CC1. The summed E-state index contributed by atoms with van der Waals surface area (Å²) in [6.45, 7) is 9.02. The van der Waals surface area contributed by atoms with Gasteiger partial charge in [-0.15, -0.1) is 0 Å². The van der Waals surface area contributed by atoms with E-state index in [1.165, 1.54) is 0 Å². The summed E-state index contributed by atoms with van der Waals surface area (Å²) in [6, 6.07) is 0.458. The highest BCUT2D eigenvalue weighted by Gasteiger charge is 2.45. The highest BCUT2D eigenvalue weighted by Crippen LogP contribution is 2.38. The van der Waals surface area contributed by atoms with Gasteiger partial charge >= 0.3 is 6.03 Å². The number of urea groups is 1. The van der Waals surface area contributed by atoms with Gasteiger partial charge in [0.2, 0.25) is 11.8 Å². The second kappa shape index (κ2) is 7.91. The van der Waals surface area contributed by atoms with Crippen LogP contribution in [0.3, 0.4) is 0 Å². The number of hydrogen-bond donors (Lipinski definition) is 0. The Balaban J connectivity index is 1.33. The van der Waals surface area contributed by atoms with E-state index in [1.807, 2.05) is 14.7 Å². The van der Waals surface area contributed by atoms with Crippen molar-refractivity contribution < 1.29 is 14.4 Å². The molecular formula is C21H34N4O3. The van der Waals surface area contributed by atoms with Crippen molar-refractivity contribution in [1.29, 1.82) is 0 Å². The maximum Gasteiger partial charge on any atom is 0.320 e. The minimum atomic E-state index is 0.126. The average Bonchev–Trinajstić information content (AvgIpc) is 2.68. The van der Waals surface area contributed by atoms with Crippen molar-refractivity contribution in [3.05, 3.63) is 0 Å². The molecule has 156 valence electrons. The van der Waals surface area contributed by atoms with Crippen molar-refractivity contribution in [2.24, 2.45) is 17.8 Å². The minimum absolute atomic E-state index is 0.126. The van der Waals surface area contributed by atoms with Crippen molar-refractivity contribution in [1.82, 2.24) is 19.6 Å². The Kier molecular flexibility index (Phi) is 5.52. The number of likely N-dealkylation sites (tertiary alicyclic amines) is 1. The molecule has 0 aromatic rings. The van der Waals surface area contributed by atoms with Gasteiger partial charge in [0.15, 0.2) is 0 Å². The van der Waals surface area contributed by atoms with Crippen LogP contribution < -0.4 is 0 Å². The second-order valence-corrected chi connectivity index (χ2v) is 9.52. The summed E-state index contributed by atoms with van der Waals surface area (Å²) in [5.74, 6) is 1.72. The van der Waals surface area contributed by atoms with E-state index in [1.54, 1.807) is 0 Å². The Hall–Kier alpha value is -1.79. The van der Waals surface area contributed by atoms with Crippen LogP contribution in [0.2, 0.25) is 0 Å². The third-order valence-electron chi connectivity index (χ3n) is 6.94. The largest absolute Gasteiger partial charge is 0.339 e. The Morgan fingerprint density at radius 2 is 1.71 bits per heavy atom. The van der Waals surface area contributed by atoms with Crippen LogP contribution in [-0.4, -0.2) is 89.3 Å². The Labute approximate surface area is 168 Å². The fourth-order valence-electron chi connectivity index (χ4n) is 5.59. The van der Waals surface area contributed by atoms with Gasteiger partial charge in [0.1, 0.15) is 0 Å². The Bertz CT molecular complexity index is 629. The van der Waals surface area contributed by atoms with E-state index >= 15 is 0 Å². The first-order chi connectivity index (χ1) is 13.4. The minimum Gasteiger partial charge on any atom is -0.339 e. The molecule has 0 aromatic heterocycles. The van der Waals surface area contributed by atoms with Gasteiger partial charge in [0, 0.05) is 64.7 Å². The van der Waals surface area contributed by atoms with Crippen LogP contribution in [-0.2, 0) is 9.59 Å². The number of hydrogen-bond acceptors (Lipinski definition) is 3. The van der Waals surface area contributed by atoms with Gasteiger partial charge in [0.05, 0.1) is 0 Å². The quantitative estimate of drug-likeness (QED) is 0.720. The van der Waals surface area contributed by atoms with Gasteiger partial charge in [-0.3, -0.25) is 9.59 Å². The zero-order valence-corrected chi connectivity index (χ0v) is 17.3. The van der Waals surface area contributed by atoms with E-state index in [4.69, 9.17) is 0 Å². The molecule has 7 nitrogen and oxygen atoms in total. The first-order valence-corrected chi connectivity index (χ1v) is 11.0. The molecule has 7 heteroatoms. The average molecular weight is 391 g/mol. The van der Waals surface area contributed by atoms with Gasteiger partial charge in [-0.1, -0.05) is 13.8 Å². The summed E-state index contributed by atoms with van der Waals surface area (Å²) < 4.78 is 0. The van der Waals surface area contributed by atoms with Crippen LogP contribution in [0.25, 0.3) is 0 Å². The molecule has 0 saturated carbocycles. The number of carbonyl (C=O) groups excluding carboxylic acids is 3. The standard InChI is InChI=1S/C21H34N4O3/c1-15(2)10-20(27)22-6-8-23(9-7-22)21(28)24-12-16-11-17(14-24)18-4-3-5-19(26)25(18)13-16/h15-18H,3-14H2,1-2H3/t16?,17?,18-/m1/s1. The lowest BCUT2D eigenvalue weighted by atomic mass is 9.76. The fraction of sp³-hybridized carbons (Fsp3) is 0.857. The smallest absolute Gasteiger partial charge is 0.320 e. The predicted molar refractivity (Wildman–Crippen MR) is 106 cm³/mol. The molecule has 0 radical (unpaired) electrons. The monoisotopic (exact) mass is 390 g/mol. The molecule has 2 unspecified atom stereocenters. The highest BCUT2D eigenvalue weighted by atomic mass is 16.2. The number of fused-ring (bicyclic) bond motifs is 4. The van der Waals surface area contributed by atoms with E-state index in [0.29, 0.717) is 68.7 Å². The van der Waals surface area contributed by atoms with Crippen molar-refractivity contribution in [3.8, 4) is 0 Å². The summed E-state index contributed by atoms with van der Waals surface area (Å²) in [5.41, 5.74) is 0. The summed E-state index contributed by atoms with van der Waals surface area (Å²) >= 11 is 0. The van der Waals surface area contributed by atoms with Crippen LogP contribution in [0.15, 0.2) is 0 Å². The fourth-order valence-corrected chi connectivity index (χ4v) is 5.59. The third kappa shape index (κ3) is 3.85. The lowest BCUT2D eigenvalue weighted by Gasteiger charge is -2.53. The predicted octanol–water partition coefficient (Wildman–Crippen LogP) is 1.63. The molecule has 3 atom stereocenters. The highest BCUT2D eigenvalue weighted by molar-refractivity contribution is 5.79. The molecule has 4 amide bonds. The molecule has 4 aliphatic rings. The lowest BCUT2D eigenvalue weighted by Crippen LogP contribution is -2.63. The molecule has 0 aliphatic carbocycles. The number of rotatable bonds is 2. The number of nitrogens with zero attached hydrogens (tertiary/aromatic N) is 4. The van der Waals surface area contributed by atoms with Crippen molar-refractivity contribution in [2.45, 2.75) is 52.0 Å². The number of amides is 4. The topological polar surface area (TPSA) is 64.2 Å². The van der Waals surface area contributed by atoms with Gasteiger partial charge in [-0.05, 0) is 37.0 Å². The maximum atomic E-state index is 13.1. The second-order valence-electron chi connectivity index (χ2n) is 9.52. The molecule has 0 spiro atoms. The molecule has 0 aromatic carbocycles. The van der Waals surface area contributed by atoms with E-state index in [0.717, 1.165) is 38.9 Å². The van der Waals surface area contributed by atoms with Gasteiger partial charge in [-0.25, -0.2) is 4.79 Å². The molecule has 28 heavy (non-hydrogen) atoms. The molecule has 2 bridgehead atoms. The summed E-state index contributed by atoms with van der Waals surface area (Å²) in [4.78, 5) is 45.6. The molecule has 4 heterocycles. The van der Waals surface area contributed by atoms with Crippen molar-refractivity contribution in [2.75, 3.05) is 45.8 Å². The third-order valence-corrected chi connectivity index (χ3v) is 6.94. The molecule has 4 saturated heterocycles.